The molecule has 1 aromatic heterocycles. The van der Waals surface area contributed by atoms with Gasteiger partial charge in [-0.05, 0) is 54.4 Å². The third-order valence-corrected chi connectivity index (χ3v) is 5.18. The van der Waals surface area contributed by atoms with E-state index in [0.29, 0.717) is 13.0 Å². The standard InChI is InChI=1S/C22H24N2O2/c25-22(15-18-9-5-8-17-7-1-2-10-19(17)18)23-16-20(21-11-6-14-26-21)24-12-3-4-13-24/h1-2,5-11,14,20H,3-4,12-13,15-16H2,(H,23,25). The SMILES string of the molecule is O=C(Cc1cccc2ccccc12)NCC(c1ccco1)N1CCCC1. The molecular formula is C22H24N2O2. The van der Waals surface area contributed by atoms with Crippen molar-refractivity contribution in [3.63, 3.8) is 0 Å². The lowest BCUT2D eigenvalue weighted by Gasteiger charge is -2.26. The van der Waals surface area contributed by atoms with Gasteiger partial charge in [0.1, 0.15) is 5.76 Å². The highest BCUT2D eigenvalue weighted by Crippen LogP contribution is 2.25. The van der Waals surface area contributed by atoms with Gasteiger partial charge in [-0.15, -0.1) is 0 Å². The molecule has 0 radical (unpaired) electrons. The van der Waals surface area contributed by atoms with Gasteiger partial charge in [0, 0.05) is 6.54 Å². The molecule has 4 nitrogen and oxygen atoms in total. The molecule has 1 atom stereocenters. The highest BCUT2D eigenvalue weighted by atomic mass is 16.3. The Morgan fingerprint density at radius 1 is 1.04 bits per heavy atom. The van der Waals surface area contributed by atoms with Crippen LogP contribution >= 0.6 is 0 Å². The van der Waals surface area contributed by atoms with Crippen molar-refractivity contribution < 1.29 is 9.21 Å². The Morgan fingerprint density at radius 2 is 1.85 bits per heavy atom. The number of carbonyl (C=O) groups excluding carboxylic acids is 1. The fourth-order valence-corrected chi connectivity index (χ4v) is 3.84. The number of benzene rings is 2. The first-order valence-electron chi connectivity index (χ1n) is 9.32. The van der Waals surface area contributed by atoms with Crippen molar-refractivity contribution in [3.05, 3.63) is 72.2 Å². The summed E-state index contributed by atoms with van der Waals surface area (Å²) in [5.41, 5.74) is 1.07. The first-order valence-corrected chi connectivity index (χ1v) is 9.32. The van der Waals surface area contributed by atoms with E-state index in [1.165, 1.54) is 18.2 Å². The number of furan rings is 1. The minimum Gasteiger partial charge on any atom is -0.468 e. The van der Waals surface area contributed by atoms with Crippen LogP contribution < -0.4 is 5.32 Å². The first-order chi connectivity index (χ1) is 12.8. The number of hydrogen-bond acceptors (Lipinski definition) is 3. The zero-order valence-corrected chi connectivity index (χ0v) is 14.9. The summed E-state index contributed by atoms with van der Waals surface area (Å²) in [6.45, 7) is 2.70. The summed E-state index contributed by atoms with van der Waals surface area (Å²) in [5.74, 6) is 0.981. The average molecular weight is 348 g/mol. The zero-order valence-electron chi connectivity index (χ0n) is 14.9. The lowest BCUT2D eigenvalue weighted by Crippen LogP contribution is -2.37. The Kier molecular flexibility index (Phi) is 5.02. The molecule has 0 bridgehead atoms. The van der Waals surface area contributed by atoms with E-state index in [4.69, 9.17) is 4.42 Å². The Bertz CT molecular complexity index is 861. The van der Waals surface area contributed by atoms with Crippen LogP contribution in [0.2, 0.25) is 0 Å². The number of fused-ring (bicyclic) bond motifs is 1. The molecule has 4 heteroatoms. The molecule has 2 aromatic carbocycles. The van der Waals surface area contributed by atoms with Crippen molar-refractivity contribution in [2.24, 2.45) is 0 Å². The van der Waals surface area contributed by atoms with Crippen molar-refractivity contribution in [1.82, 2.24) is 10.2 Å². The van der Waals surface area contributed by atoms with Gasteiger partial charge < -0.3 is 9.73 Å². The number of nitrogens with zero attached hydrogens (tertiary/aromatic N) is 1. The van der Waals surface area contributed by atoms with Crippen LogP contribution in [0.4, 0.5) is 0 Å². The van der Waals surface area contributed by atoms with Crippen LogP contribution in [0.1, 0.15) is 30.2 Å². The van der Waals surface area contributed by atoms with Crippen LogP contribution in [0.3, 0.4) is 0 Å². The molecule has 1 unspecified atom stereocenters. The summed E-state index contributed by atoms with van der Waals surface area (Å²) >= 11 is 0. The normalized spacial score (nSPS) is 16.0. The van der Waals surface area contributed by atoms with E-state index in [-0.39, 0.29) is 11.9 Å². The summed E-state index contributed by atoms with van der Waals surface area (Å²) in [7, 11) is 0. The van der Waals surface area contributed by atoms with Crippen molar-refractivity contribution in [1.29, 1.82) is 0 Å². The predicted octanol–water partition coefficient (Wildman–Crippen LogP) is 3.93. The fraction of sp³-hybridized carbons (Fsp3) is 0.318. The van der Waals surface area contributed by atoms with Gasteiger partial charge in [-0.3, -0.25) is 9.69 Å². The topological polar surface area (TPSA) is 45.5 Å². The minimum atomic E-state index is 0.0529. The minimum absolute atomic E-state index is 0.0529. The average Bonchev–Trinajstić information content (AvgIpc) is 3.37. The molecular weight excluding hydrogens is 324 g/mol. The molecule has 1 N–H and O–H groups in total. The van der Waals surface area contributed by atoms with E-state index in [1.54, 1.807) is 6.26 Å². The molecule has 3 aromatic rings. The fourth-order valence-electron chi connectivity index (χ4n) is 3.84. The van der Waals surface area contributed by atoms with Gasteiger partial charge >= 0.3 is 0 Å². The molecule has 1 fully saturated rings. The maximum absolute atomic E-state index is 12.6. The number of likely N-dealkylation sites (tertiary alicyclic amines) is 1. The van der Waals surface area contributed by atoms with Crippen LogP contribution in [0, 0.1) is 0 Å². The number of carbonyl (C=O) groups is 1. The molecule has 1 aliphatic rings. The molecule has 26 heavy (non-hydrogen) atoms. The molecule has 134 valence electrons. The Balaban J connectivity index is 1.43. The van der Waals surface area contributed by atoms with Gasteiger partial charge in [0.15, 0.2) is 0 Å². The van der Waals surface area contributed by atoms with Crippen LogP contribution in [-0.2, 0) is 11.2 Å². The number of rotatable bonds is 6. The summed E-state index contributed by atoms with van der Waals surface area (Å²) in [4.78, 5) is 15.0. The maximum atomic E-state index is 12.6. The first kappa shape index (κ1) is 16.9. The van der Waals surface area contributed by atoms with Crippen LogP contribution in [-0.4, -0.2) is 30.4 Å². The number of amides is 1. The summed E-state index contributed by atoms with van der Waals surface area (Å²) in [5, 5.41) is 5.44. The Labute approximate surface area is 153 Å². The van der Waals surface area contributed by atoms with Gasteiger partial charge in [0.05, 0.1) is 18.7 Å². The van der Waals surface area contributed by atoms with E-state index in [9.17, 15) is 4.79 Å². The van der Waals surface area contributed by atoms with Crippen molar-refractivity contribution in [3.8, 4) is 0 Å². The van der Waals surface area contributed by atoms with E-state index < -0.39 is 0 Å². The molecule has 0 aliphatic carbocycles. The molecule has 2 heterocycles. The number of nitrogens with one attached hydrogen (secondary N) is 1. The lowest BCUT2D eigenvalue weighted by atomic mass is 10.0. The molecule has 1 saturated heterocycles. The lowest BCUT2D eigenvalue weighted by molar-refractivity contribution is -0.120. The Morgan fingerprint density at radius 3 is 2.65 bits per heavy atom. The van der Waals surface area contributed by atoms with Crippen molar-refractivity contribution in [2.45, 2.75) is 25.3 Å². The highest BCUT2D eigenvalue weighted by molar-refractivity contribution is 5.90. The summed E-state index contributed by atoms with van der Waals surface area (Å²) in [6.07, 6.45) is 4.52. The summed E-state index contributed by atoms with van der Waals surface area (Å²) in [6, 6.07) is 18.4. The third-order valence-electron chi connectivity index (χ3n) is 5.18. The second-order valence-electron chi connectivity index (χ2n) is 6.89. The van der Waals surface area contributed by atoms with Crippen molar-refractivity contribution >= 4 is 16.7 Å². The smallest absolute Gasteiger partial charge is 0.224 e. The number of hydrogen-bond donors (Lipinski definition) is 1. The second-order valence-corrected chi connectivity index (χ2v) is 6.89. The Hall–Kier alpha value is -2.59. The highest BCUT2D eigenvalue weighted by Gasteiger charge is 2.25. The van der Waals surface area contributed by atoms with Gasteiger partial charge in [0.2, 0.25) is 5.91 Å². The van der Waals surface area contributed by atoms with Crippen LogP contribution in [0.5, 0.6) is 0 Å². The van der Waals surface area contributed by atoms with E-state index in [1.807, 2.05) is 36.4 Å². The van der Waals surface area contributed by atoms with Gasteiger partial charge in [0.25, 0.3) is 0 Å². The van der Waals surface area contributed by atoms with Gasteiger partial charge in [-0.2, -0.15) is 0 Å². The molecule has 1 amide bonds. The van der Waals surface area contributed by atoms with Crippen molar-refractivity contribution in [2.75, 3.05) is 19.6 Å². The van der Waals surface area contributed by atoms with Crippen LogP contribution in [0.15, 0.2) is 65.3 Å². The summed E-state index contributed by atoms with van der Waals surface area (Å²) < 4.78 is 5.62. The monoisotopic (exact) mass is 348 g/mol. The quantitative estimate of drug-likeness (QED) is 0.734. The molecule has 1 aliphatic heterocycles. The second kappa shape index (κ2) is 7.75. The molecule has 0 saturated carbocycles. The third kappa shape index (κ3) is 3.65. The van der Waals surface area contributed by atoms with Gasteiger partial charge in [-0.25, -0.2) is 0 Å². The van der Waals surface area contributed by atoms with E-state index in [0.717, 1.165) is 29.8 Å². The largest absolute Gasteiger partial charge is 0.468 e. The zero-order chi connectivity index (χ0) is 17.8. The maximum Gasteiger partial charge on any atom is 0.224 e. The van der Waals surface area contributed by atoms with Crippen LogP contribution in [0.25, 0.3) is 10.8 Å². The predicted molar refractivity (Wildman–Crippen MR) is 103 cm³/mol. The molecule has 0 spiro atoms. The van der Waals surface area contributed by atoms with Gasteiger partial charge in [-0.1, -0.05) is 42.5 Å². The van der Waals surface area contributed by atoms with E-state index in [2.05, 4.69) is 28.4 Å². The molecule has 4 rings (SSSR count). The van der Waals surface area contributed by atoms with E-state index >= 15 is 0 Å².